The summed E-state index contributed by atoms with van der Waals surface area (Å²) in [6.07, 6.45) is 0.566. The SMILES string of the molecule is COc1ccc(CC(C)NCC(O)c2ccc(O)c(NC=O)c2)cc1C. The molecule has 0 spiro atoms. The zero-order chi connectivity index (χ0) is 19.1. The molecule has 2 aromatic rings. The van der Waals surface area contributed by atoms with Gasteiger partial charge in [-0.15, -0.1) is 0 Å². The molecule has 0 fully saturated rings. The molecular weight excluding hydrogens is 332 g/mol. The first kappa shape index (κ1) is 19.8. The zero-order valence-corrected chi connectivity index (χ0v) is 15.3. The fourth-order valence-electron chi connectivity index (χ4n) is 2.86. The molecule has 4 N–H and O–H groups in total. The summed E-state index contributed by atoms with van der Waals surface area (Å²) < 4.78 is 5.27. The van der Waals surface area contributed by atoms with Gasteiger partial charge in [0.1, 0.15) is 11.5 Å². The highest BCUT2D eigenvalue weighted by molar-refractivity contribution is 5.75. The minimum atomic E-state index is -0.747. The number of nitrogens with one attached hydrogen (secondary N) is 2. The van der Waals surface area contributed by atoms with Crippen LogP contribution in [0.2, 0.25) is 0 Å². The number of anilines is 1. The van der Waals surface area contributed by atoms with E-state index in [1.54, 1.807) is 19.2 Å². The van der Waals surface area contributed by atoms with Crippen LogP contribution in [-0.2, 0) is 11.2 Å². The molecule has 2 aromatic carbocycles. The van der Waals surface area contributed by atoms with Crippen molar-refractivity contribution >= 4 is 12.1 Å². The predicted molar refractivity (Wildman–Crippen MR) is 102 cm³/mol. The molecule has 0 saturated heterocycles. The molecule has 0 heterocycles. The Kier molecular flexibility index (Phi) is 7.00. The average Bonchev–Trinajstić information content (AvgIpc) is 2.62. The summed E-state index contributed by atoms with van der Waals surface area (Å²) in [5.74, 6) is 0.834. The number of hydrogen-bond donors (Lipinski definition) is 4. The molecule has 26 heavy (non-hydrogen) atoms. The highest BCUT2D eigenvalue weighted by atomic mass is 16.5. The number of phenolic OH excluding ortho intramolecular Hbond substituents is 1. The van der Waals surface area contributed by atoms with Crippen molar-refractivity contribution in [1.29, 1.82) is 0 Å². The number of amides is 1. The van der Waals surface area contributed by atoms with Gasteiger partial charge in [0.15, 0.2) is 0 Å². The third-order valence-electron chi connectivity index (χ3n) is 4.28. The number of benzene rings is 2. The van der Waals surface area contributed by atoms with Gasteiger partial charge in [0.05, 0.1) is 18.9 Å². The van der Waals surface area contributed by atoms with E-state index in [1.807, 2.05) is 19.1 Å². The number of rotatable bonds is 9. The third kappa shape index (κ3) is 5.21. The van der Waals surface area contributed by atoms with E-state index in [0.717, 1.165) is 17.7 Å². The van der Waals surface area contributed by atoms with E-state index in [2.05, 4.69) is 23.6 Å². The van der Waals surface area contributed by atoms with Crippen LogP contribution < -0.4 is 15.4 Å². The van der Waals surface area contributed by atoms with Crippen LogP contribution >= 0.6 is 0 Å². The van der Waals surface area contributed by atoms with Gasteiger partial charge in [-0.3, -0.25) is 4.79 Å². The molecule has 6 nitrogen and oxygen atoms in total. The van der Waals surface area contributed by atoms with Gasteiger partial charge in [0, 0.05) is 12.6 Å². The predicted octanol–water partition coefficient (Wildman–Crippen LogP) is 2.53. The first-order valence-electron chi connectivity index (χ1n) is 8.52. The average molecular weight is 358 g/mol. The number of carbonyl (C=O) groups excluding carboxylic acids is 1. The van der Waals surface area contributed by atoms with Gasteiger partial charge in [-0.25, -0.2) is 0 Å². The van der Waals surface area contributed by atoms with Crippen LogP contribution in [0.4, 0.5) is 5.69 Å². The molecule has 1 amide bonds. The fraction of sp³-hybridized carbons (Fsp3) is 0.350. The molecule has 0 aliphatic heterocycles. The highest BCUT2D eigenvalue weighted by Gasteiger charge is 2.12. The van der Waals surface area contributed by atoms with E-state index < -0.39 is 6.10 Å². The summed E-state index contributed by atoms with van der Waals surface area (Å²) in [4.78, 5) is 10.6. The number of carbonyl (C=O) groups is 1. The van der Waals surface area contributed by atoms with E-state index in [0.29, 0.717) is 18.5 Å². The van der Waals surface area contributed by atoms with E-state index >= 15 is 0 Å². The summed E-state index contributed by atoms with van der Waals surface area (Å²) in [6.45, 7) is 4.43. The number of ether oxygens (including phenoxy) is 1. The number of aromatic hydroxyl groups is 1. The molecule has 140 valence electrons. The van der Waals surface area contributed by atoms with Crippen LogP contribution in [0.3, 0.4) is 0 Å². The Morgan fingerprint density at radius 1 is 1.23 bits per heavy atom. The van der Waals surface area contributed by atoms with Gasteiger partial charge in [-0.1, -0.05) is 18.2 Å². The van der Waals surface area contributed by atoms with Crippen molar-refractivity contribution in [2.75, 3.05) is 19.0 Å². The topological polar surface area (TPSA) is 90.8 Å². The fourth-order valence-corrected chi connectivity index (χ4v) is 2.86. The van der Waals surface area contributed by atoms with Crippen LogP contribution in [0.1, 0.15) is 29.7 Å². The Hall–Kier alpha value is -2.57. The number of phenols is 1. The van der Waals surface area contributed by atoms with Crippen molar-refractivity contribution < 1.29 is 19.7 Å². The van der Waals surface area contributed by atoms with E-state index in [4.69, 9.17) is 4.74 Å². The first-order chi connectivity index (χ1) is 12.4. The number of hydrogen-bond acceptors (Lipinski definition) is 5. The lowest BCUT2D eigenvalue weighted by molar-refractivity contribution is -0.105. The molecule has 6 heteroatoms. The summed E-state index contributed by atoms with van der Waals surface area (Å²) in [5.41, 5.74) is 3.18. The summed E-state index contributed by atoms with van der Waals surface area (Å²) in [5, 5.41) is 25.7. The first-order valence-corrected chi connectivity index (χ1v) is 8.52. The normalized spacial score (nSPS) is 13.1. The van der Waals surface area contributed by atoms with Gasteiger partial charge in [-0.05, 0) is 55.2 Å². The van der Waals surface area contributed by atoms with Crippen molar-refractivity contribution in [3.05, 3.63) is 53.1 Å². The molecule has 0 aromatic heterocycles. The number of aryl methyl sites for hydroxylation is 1. The monoisotopic (exact) mass is 358 g/mol. The van der Waals surface area contributed by atoms with E-state index in [1.165, 1.54) is 11.6 Å². The largest absolute Gasteiger partial charge is 0.506 e. The molecule has 2 rings (SSSR count). The zero-order valence-electron chi connectivity index (χ0n) is 15.3. The second kappa shape index (κ2) is 9.22. The number of methoxy groups -OCH3 is 1. The minimum absolute atomic E-state index is 0.0377. The van der Waals surface area contributed by atoms with Crippen molar-refractivity contribution in [2.24, 2.45) is 0 Å². The Morgan fingerprint density at radius 3 is 2.65 bits per heavy atom. The second-order valence-electron chi connectivity index (χ2n) is 6.37. The van der Waals surface area contributed by atoms with Crippen molar-refractivity contribution in [1.82, 2.24) is 5.32 Å². The van der Waals surface area contributed by atoms with Gasteiger partial charge in [0.2, 0.25) is 6.41 Å². The van der Waals surface area contributed by atoms with Crippen molar-refractivity contribution in [3.8, 4) is 11.5 Å². The van der Waals surface area contributed by atoms with Crippen LogP contribution in [-0.4, -0.2) is 36.3 Å². The molecule has 0 aliphatic rings. The van der Waals surface area contributed by atoms with Crippen molar-refractivity contribution in [3.63, 3.8) is 0 Å². The number of aliphatic hydroxyl groups is 1. The third-order valence-corrected chi connectivity index (χ3v) is 4.28. The lowest BCUT2D eigenvalue weighted by Crippen LogP contribution is -2.32. The maximum atomic E-state index is 10.6. The smallest absolute Gasteiger partial charge is 0.211 e. The Bertz CT molecular complexity index is 749. The van der Waals surface area contributed by atoms with Crippen LogP contribution in [0.25, 0.3) is 0 Å². The second-order valence-corrected chi connectivity index (χ2v) is 6.37. The van der Waals surface area contributed by atoms with Gasteiger partial charge >= 0.3 is 0 Å². The lowest BCUT2D eigenvalue weighted by atomic mass is 10.0. The summed E-state index contributed by atoms with van der Waals surface area (Å²) in [6, 6.07) is 10.9. The molecule has 0 saturated carbocycles. The van der Waals surface area contributed by atoms with Crippen molar-refractivity contribution in [2.45, 2.75) is 32.4 Å². The highest BCUT2D eigenvalue weighted by Crippen LogP contribution is 2.26. The van der Waals surface area contributed by atoms with Gasteiger partial charge < -0.3 is 25.6 Å². The molecule has 2 unspecified atom stereocenters. The van der Waals surface area contributed by atoms with Crippen LogP contribution in [0.5, 0.6) is 11.5 Å². The summed E-state index contributed by atoms with van der Waals surface area (Å²) in [7, 11) is 1.66. The Balaban J connectivity index is 1.92. The van der Waals surface area contributed by atoms with Gasteiger partial charge in [-0.2, -0.15) is 0 Å². The van der Waals surface area contributed by atoms with Crippen LogP contribution in [0, 0.1) is 6.92 Å². The molecule has 0 bridgehead atoms. The van der Waals surface area contributed by atoms with Gasteiger partial charge in [0.25, 0.3) is 0 Å². The molecule has 2 atom stereocenters. The van der Waals surface area contributed by atoms with E-state index in [9.17, 15) is 15.0 Å². The Labute approximate surface area is 153 Å². The lowest BCUT2D eigenvalue weighted by Gasteiger charge is -2.19. The van der Waals surface area contributed by atoms with E-state index in [-0.39, 0.29) is 17.5 Å². The molecular formula is C20H26N2O4. The molecule has 0 aliphatic carbocycles. The maximum Gasteiger partial charge on any atom is 0.211 e. The number of aliphatic hydroxyl groups excluding tert-OH is 1. The maximum absolute atomic E-state index is 10.6. The molecule has 0 radical (unpaired) electrons. The standard InChI is InChI=1S/C20H26N2O4/c1-13-8-15(4-7-20(13)26-3)9-14(2)21-11-19(25)16-5-6-18(24)17(10-16)22-12-23/h4-8,10,12,14,19,21,24-25H,9,11H2,1-3H3,(H,22,23). The Morgan fingerprint density at radius 2 is 2.00 bits per heavy atom. The van der Waals surface area contributed by atoms with Crippen LogP contribution in [0.15, 0.2) is 36.4 Å². The summed E-state index contributed by atoms with van der Waals surface area (Å²) >= 11 is 0. The quantitative estimate of drug-likeness (QED) is 0.408. The minimum Gasteiger partial charge on any atom is -0.506 e.